The van der Waals surface area contributed by atoms with Crippen molar-refractivity contribution in [3.05, 3.63) is 74.2 Å². The number of anilines is 1. The van der Waals surface area contributed by atoms with E-state index in [1.807, 2.05) is 6.07 Å². The van der Waals surface area contributed by atoms with Crippen molar-refractivity contribution in [3.63, 3.8) is 0 Å². The van der Waals surface area contributed by atoms with Crippen molar-refractivity contribution in [1.82, 2.24) is 14.1 Å². The lowest BCUT2D eigenvalue weighted by molar-refractivity contribution is -0.0801. The zero-order valence-electron chi connectivity index (χ0n) is 18.6. The molecule has 1 fully saturated rings. The van der Waals surface area contributed by atoms with Gasteiger partial charge in [0, 0.05) is 19.2 Å². The Morgan fingerprint density at radius 3 is 2.50 bits per heavy atom. The molecule has 0 saturated carbocycles. The number of nitrogens with zero attached hydrogens (tertiary/aromatic N) is 5. The van der Waals surface area contributed by atoms with Gasteiger partial charge in [0.1, 0.15) is 17.5 Å². The molecule has 8 nitrogen and oxygen atoms in total. The Morgan fingerprint density at radius 2 is 1.92 bits per heavy atom. The van der Waals surface area contributed by atoms with Crippen molar-refractivity contribution in [2.45, 2.75) is 31.4 Å². The third-order valence-electron chi connectivity index (χ3n) is 5.98. The van der Waals surface area contributed by atoms with Crippen molar-refractivity contribution in [2.75, 3.05) is 18.0 Å². The number of aliphatic hydroxyl groups is 1. The molecule has 0 bridgehead atoms. The monoisotopic (exact) mass is 523 g/mol. The maximum absolute atomic E-state index is 14.2. The average molecular weight is 524 g/mol. The Hall–Kier alpha value is -3.69. The molecule has 3 heterocycles. The molecule has 1 N–H and O–H groups in total. The third-order valence-corrected chi connectivity index (χ3v) is 6.19. The van der Waals surface area contributed by atoms with E-state index in [1.54, 1.807) is 0 Å². The van der Waals surface area contributed by atoms with Crippen LogP contribution in [0.5, 0.6) is 0 Å². The van der Waals surface area contributed by atoms with E-state index >= 15 is 0 Å². The van der Waals surface area contributed by atoms with Crippen LogP contribution in [-0.2, 0) is 0 Å². The molecule has 2 atom stereocenters. The second-order valence-corrected chi connectivity index (χ2v) is 8.80. The Bertz CT molecular complexity index is 1500. The predicted octanol–water partition coefficient (Wildman–Crippen LogP) is 3.28. The van der Waals surface area contributed by atoms with Gasteiger partial charge in [0.05, 0.1) is 35.1 Å². The number of rotatable bonds is 5. The van der Waals surface area contributed by atoms with Crippen molar-refractivity contribution in [1.29, 1.82) is 5.26 Å². The summed E-state index contributed by atoms with van der Waals surface area (Å²) in [5.41, 5.74) is -5.10. The molecule has 4 rings (SSSR count). The molecule has 1 aliphatic rings. The van der Waals surface area contributed by atoms with Crippen LogP contribution >= 0.6 is 11.6 Å². The lowest BCUT2D eigenvalue weighted by Crippen LogP contribution is -2.46. The zero-order chi connectivity index (χ0) is 26.4. The van der Waals surface area contributed by atoms with Crippen LogP contribution in [0.25, 0.3) is 16.8 Å². The molecule has 1 aromatic carbocycles. The normalized spacial score (nSPS) is 18.5. The van der Waals surface area contributed by atoms with E-state index < -0.39 is 53.9 Å². The minimum atomic E-state index is -3.14. The lowest BCUT2D eigenvalue weighted by atomic mass is 10.0. The number of β-amino-alcohol motifs (C(OH)–C–C–N with tert-alkyl or cyclic N) is 1. The minimum Gasteiger partial charge on any atom is -0.382 e. The molecular formula is C23H18ClF4N5O3. The van der Waals surface area contributed by atoms with Crippen LogP contribution in [0.15, 0.2) is 46.2 Å². The quantitative estimate of drug-likeness (QED) is 0.515. The Morgan fingerprint density at radius 1 is 1.19 bits per heavy atom. The van der Waals surface area contributed by atoms with Gasteiger partial charge in [-0.05, 0) is 30.7 Å². The number of alkyl halides is 2. The van der Waals surface area contributed by atoms with Gasteiger partial charge in [0.15, 0.2) is 11.6 Å². The van der Waals surface area contributed by atoms with Gasteiger partial charge >= 0.3 is 5.69 Å². The highest BCUT2D eigenvalue weighted by Gasteiger charge is 2.46. The van der Waals surface area contributed by atoms with E-state index in [2.05, 4.69) is 4.98 Å². The van der Waals surface area contributed by atoms with Crippen molar-refractivity contribution < 1.29 is 22.7 Å². The summed E-state index contributed by atoms with van der Waals surface area (Å²) in [5.74, 6) is -2.79. The first-order valence-electron chi connectivity index (χ1n) is 10.6. The maximum Gasteiger partial charge on any atom is 0.338 e. The number of benzene rings is 1. The Balaban J connectivity index is 2.14. The van der Waals surface area contributed by atoms with Crippen LogP contribution in [0.1, 0.15) is 19.4 Å². The van der Waals surface area contributed by atoms with Gasteiger partial charge in [-0.1, -0.05) is 17.7 Å². The number of hydrogen-bond acceptors (Lipinski definition) is 6. The largest absolute Gasteiger partial charge is 0.382 e. The van der Waals surface area contributed by atoms with Crippen LogP contribution in [0.3, 0.4) is 0 Å². The van der Waals surface area contributed by atoms with E-state index in [0.29, 0.717) is 4.57 Å². The summed E-state index contributed by atoms with van der Waals surface area (Å²) in [7, 11) is 0. The molecule has 0 amide bonds. The summed E-state index contributed by atoms with van der Waals surface area (Å²) in [4.78, 5) is 32.4. The number of aromatic nitrogens is 3. The standard InChI is InChI=1S/C23H18ClF4N5O3/c1-12(8-29)32-19(31-5-4-23(36,11-31)21(27)28)18(13-2-3-16(25)17(26)6-13)20(34)33(22(32)35)15-7-14(24)9-30-10-15/h2-3,6-7,9-10,12,21,36H,4-5,11H2,1H3/t12-,23-/m0/s1. The van der Waals surface area contributed by atoms with Crippen LogP contribution in [0.2, 0.25) is 5.02 Å². The molecule has 1 saturated heterocycles. The average Bonchev–Trinajstić information content (AvgIpc) is 3.23. The Labute approximate surface area is 206 Å². The summed E-state index contributed by atoms with van der Waals surface area (Å²) in [6, 6.07) is 4.46. The SMILES string of the molecule is C[C@@H](C#N)n1c(N2CC[C@@](O)(C(F)F)C2)c(-c2ccc(F)c(F)c2)c(=O)n(-c2cncc(Cl)c2)c1=O. The molecule has 0 unspecified atom stereocenters. The van der Waals surface area contributed by atoms with E-state index in [4.69, 9.17) is 11.6 Å². The fourth-order valence-electron chi connectivity index (χ4n) is 4.16. The fraction of sp³-hybridized carbons (Fsp3) is 0.304. The van der Waals surface area contributed by atoms with E-state index in [-0.39, 0.29) is 34.2 Å². The molecule has 2 aromatic heterocycles. The Kier molecular flexibility index (Phi) is 6.64. The first-order chi connectivity index (χ1) is 17.0. The number of nitriles is 1. The maximum atomic E-state index is 14.2. The van der Waals surface area contributed by atoms with E-state index in [1.165, 1.54) is 24.1 Å². The molecule has 0 aliphatic carbocycles. The van der Waals surface area contributed by atoms with Gasteiger partial charge in [-0.25, -0.2) is 26.9 Å². The van der Waals surface area contributed by atoms with Gasteiger partial charge in [-0.3, -0.25) is 14.3 Å². The molecule has 1 aliphatic heterocycles. The first kappa shape index (κ1) is 25.4. The van der Waals surface area contributed by atoms with E-state index in [0.717, 1.165) is 29.0 Å². The number of halogens is 5. The minimum absolute atomic E-state index is 0.0720. The summed E-state index contributed by atoms with van der Waals surface area (Å²) in [5, 5.41) is 20.1. The van der Waals surface area contributed by atoms with Gasteiger partial charge in [0.2, 0.25) is 0 Å². The number of hydrogen-bond donors (Lipinski definition) is 1. The molecule has 188 valence electrons. The highest BCUT2D eigenvalue weighted by atomic mass is 35.5. The first-order valence-corrected chi connectivity index (χ1v) is 11.0. The molecule has 13 heteroatoms. The fourth-order valence-corrected chi connectivity index (χ4v) is 4.33. The molecule has 3 aromatic rings. The molecule has 0 radical (unpaired) electrons. The summed E-state index contributed by atoms with van der Waals surface area (Å²) in [6.07, 6.45) is -1.12. The highest BCUT2D eigenvalue weighted by Crippen LogP contribution is 2.36. The third kappa shape index (κ3) is 4.25. The second-order valence-electron chi connectivity index (χ2n) is 8.36. The van der Waals surface area contributed by atoms with Gasteiger partial charge in [-0.2, -0.15) is 5.26 Å². The van der Waals surface area contributed by atoms with Crippen molar-refractivity contribution >= 4 is 17.4 Å². The predicted molar refractivity (Wildman–Crippen MR) is 123 cm³/mol. The topological polar surface area (TPSA) is 104 Å². The number of pyridine rings is 1. The van der Waals surface area contributed by atoms with Gasteiger partial charge in [-0.15, -0.1) is 0 Å². The van der Waals surface area contributed by atoms with E-state index in [9.17, 15) is 37.5 Å². The van der Waals surface area contributed by atoms with Crippen molar-refractivity contribution in [3.8, 4) is 22.9 Å². The molecular weight excluding hydrogens is 506 g/mol. The smallest absolute Gasteiger partial charge is 0.338 e. The van der Waals surface area contributed by atoms with Crippen molar-refractivity contribution in [2.24, 2.45) is 0 Å². The van der Waals surface area contributed by atoms with Crippen LogP contribution in [-0.4, -0.2) is 44.3 Å². The molecule has 0 spiro atoms. The summed E-state index contributed by atoms with van der Waals surface area (Å²) in [6.45, 7) is 0.443. The molecule has 36 heavy (non-hydrogen) atoms. The second kappa shape index (κ2) is 9.40. The van der Waals surface area contributed by atoms with Crippen LogP contribution in [0, 0.1) is 23.0 Å². The van der Waals surface area contributed by atoms with Crippen LogP contribution < -0.4 is 16.1 Å². The zero-order valence-corrected chi connectivity index (χ0v) is 19.4. The van der Waals surface area contributed by atoms with Gasteiger partial charge < -0.3 is 10.0 Å². The lowest BCUT2D eigenvalue weighted by Gasteiger charge is -2.29. The van der Waals surface area contributed by atoms with Gasteiger partial charge in [0.25, 0.3) is 12.0 Å². The van der Waals surface area contributed by atoms with Crippen LogP contribution in [0.4, 0.5) is 23.4 Å². The highest BCUT2D eigenvalue weighted by molar-refractivity contribution is 6.30. The summed E-state index contributed by atoms with van der Waals surface area (Å²) < 4.78 is 56.6. The summed E-state index contributed by atoms with van der Waals surface area (Å²) >= 11 is 5.98.